The molecule has 3 aromatic rings. The highest BCUT2D eigenvalue weighted by molar-refractivity contribution is 5.87. The fraction of sp³-hybridized carbons (Fsp3) is 0.467. The highest BCUT2D eigenvalue weighted by atomic mass is 16.5. The first kappa shape index (κ1) is 41.6. The molecule has 0 spiro atoms. The van der Waals surface area contributed by atoms with E-state index in [1.165, 1.54) is 12.1 Å². The molecule has 2 bridgehead atoms. The summed E-state index contributed by atoms with van der Waals surface area (Å²) in [5.41, 5.74) is 2.33. The van der Waals surface area contributed by atoms with Gasteiger partial charge in [-0.15, -0.1) is 0 Å². The number of carbonyl (C=O) groups is 3. The van der Waals surface area contributed by atoms with Gasteiger partial charge in [-0.1, -0.05) is 66.8 Å². The molecule has 0 radical (unpaired) electrons. The Morgan fingerprint density at radius 1 is 1.04 bits per heavy atom. The predicted octanol–water partition coefficient (Wildman–Crippen LogP) is 4.74. The summed E-state index contributed by atoms with van der Waals surface area (Å²) in [6.45, 7) is 11.0. The molecule has 304 valence electrons. The number of aliphatic hydroxyl groups is 1. The Kier molecular flexibility index (Phi) is 13.8. The average molecular weight is 780 g/mol. The van der Waals surface area contributed by atoms with Crippen LogP contribution in [-0.2, 0) is 24.5 Å². The molecule has 2 atom stereocenters. The van der Waals surface area contributed by atoms with E-state index in [1.54, 1.807) is 30.2 Å². The number of phenols is 1. The third-order valence-electron chi connectivity index (χ3n) is 12.0. The molecular formula is C45H57N5O7. The highest BCUT2D eigenvalue weighted by Gasteiger charge is 2.47. The number of hydrogen-bond donors (Lipinski definition) is 4. The van der Waals surface area contributed by atoms with Gasteiger partial charge in [0.25, 0.3) is 0 Å². The van der Waals surface area contributed by atoms with Gasteiger partial charge in [0.2, 0.25) is 17.4 Å². The van der Waals surface area contributed by atoms with Crippen LogP contribution in [0.3, 0.4) is 0 Å². The molecule has 57 heavy (non-hydrogen) atoms. The molecule has 7 rings (SSSR count). The number of pyridine rings is 1. The largest absolute Gasteiger partial charge is 0.506 e. The smallest absolute Gasteiger partial charge is 0.317 e. The van der Waals surface area contributed by atoms with E-state index < -0.39 is 11.5 Å². The lowest BCUT2D eigenvalue weighted by molar-refractivity contribution is -0.168. The first-order valence-corrected chi connectivity index (χ1v) is 20.2. The van der Waals surface area contributed by atoms with Crippen molar-refractivity contribution in [1.82, 2.24) is 25.0 Å². The van der Waals surface area contributed by atoms with Crippen LogP contribution in [0.5, 0.6) is 5.75 Å². The van der Waals surface area contributed by atoms with Crippen LogP contribution < -0.4 is 10.9 Å². The summed E-state index contributed by atoms with van der Waals surface area (Å²) in [5, 5.41) is 24.7. The van der Waals surface area contributed by atoms with Crippen LogP contribution in [0.25, 0.3) is 10.9 Å². The molecule has 0 saturated carbocycles. The molecule has 1 aromatic heterocycles. The van der Waals surface area contributed by atoms with Crippen LogP contribution in [0.1, 0.15) is 69.1 Å². The Labute approximate surface area is 334 Å². The SMILES string of the molecule is C=C/C(=C\C=C(/C)CC(=O)N1CCC(C(=O)O[C@H]2CN3CCC2CC3)(c2ccccc2)CC1)CC(=O)N(C)CCCNC[C@H](O)c1ccc(O)c2[nH]c(=O)ccc12. The normalized spacial score (nSPS) is 21.2. The third kappa shape index (κ3) is 10.1. The van der Waals surface area contributed by atoms with Crippen molar-refractivity contribution in [2.45, 2.75) is 69.5 Å². The van der Waals surface area contributed by atoms with Crippen LogP contribution in [0.4, 0.5) is 0 Å². The number of piperidine rings is 4. The summed E-state index contributed by atoms with van der Waals surface area (Å²) in [4.78, 5) is 60.7. The van der Waals surface area contributed by atoms with Gasteiger partial charge < -0.3 is 35.1 Å². The van der Waals surface area contributed by atoms with Crippen molar-refractivity contribution >= 4 is 28.7 Å². The summed E-state index contributed by atoms with van der Waals surface area (Å²) in [7, 11) is 1.75. The van der Waals surface area contributed by atoms with Crippen molar-refractivity contribution in [2.75, 3.05) is 59.4 Å². The Morgan fingerprint density at radius 3 is 2.46 bits per heavy atom. The number of benzene rings is 2. The first-order valence-electron chi connectivity index (χ1n) is 20.2. The van der Waals surface area contributed by atoms with Crippen molar-refractivity contribution in [3.8, 4) is 5.75 Å². The number of amides is 2. The fourth-order valence-corrected chi connectivity index (χ4v) is 8.43. The maximum absolute atomic E-state index is 14.0. The second kappa shape index (κ2) is 18.9. The number of phenolic OH excluding ortho intramolecular Hbond substituents is 1. The van der Waals surface area contributed by atoms with Gasteiger partial charge in [-0.05, 0) is 93.4 Å². The average Bonchev–Trinajstić information content (AvgIpc) is 3.23. The number of aromatic amines is 1. The molecule has 12 heteroatoms. The summed E-state index contributed by atoms with van der Waals surface area (Å²) in [6.07, 6.45) is 8.69. The van der Waals surface area contributed by atoms with E-state index in [4.69, 9.17) is 4.74 Å². The molecule has 0 unspecified atom stereocenters. The van der Waals surface area contributed by atoms with E-state index in [0.29, 0.717) is 62.3 Å². The van der Waals surface area contributed by atoms with Gasteiger partial charge in [0.1, 0.15) is 11.9 Å². The van der Waals surface area contributed by atoms with Crippen LogP contribution in [0.15, 0.2) is 95.3 Å². The zero-order valence-electron chi connectivity index (χ0n) is 33.3. The molecule has 2 amide bonds. The van der Waals surface area contributed by atoms with Gasteiger partial charge in [-0.2, -0.15) is 0 Å². The zero-order chi connectivity index (χ0) is 40.5. The van der Waals surface area contributed by atoms with Gasteiger partial charge in [0, 0.05) is 57.6 Å². The number of allylic oxidation sites excluding steroid dienone is 3. The monoisotopic (exact) mass is 779 g/mol. The lowest BCUT2D eigenvalue weighted by Gasteiger charge is -2.46. The molecule has 5 heterocycles. The molecule has 4 aliphatic rings. The second-order valence-electron chi connectivity index (χ2n) is 15.9. The summed E-state index contributed by atoms with van der Waals surface area (Å²) in [6, 6.07) is 15.9. The number of nitrogens with zero attached hydrogens (tertiary/aromatic N) is 3. The van der Waals surface area contributed by atoms with E-state index >= 15 is 0 Å². The van der Waals surface area contributed by atoms with Crippen LogP contribution in [-0.4, -0.2) is 113 Å². The number of fused-ring (bicyclic) bond motifs is 4. The lowest BCUT2D eigenvalue weighted by Crippen LogP contribution is -2.55. The summed E-state index contributed by atoms with van der Waals surface area (Å²) < 4.78 is 6.30. The minimum absolute atomic E-state index is 0.00872. The topological polar surface area (TPSA) is 156 Å². The highest BCUT2D eigenvalue weighted by Crippen LogP contribution is 2.39. The number of nitrogens with one attached hydrogen (secondary N) is 2. The maximum atomic E-state index is 14.0. The number of aromatic hydroxyl groups is 1. The molecule has 4 N–H and O–H groups in total. The minimum atomic E-state index is -0.861. The molecule has 12 nitrogen and oxygen atoms in total. The number of aromatic nitrogens is 1. The third-order valence-corrected chi connectivity index (χ3v) is 12.0. The number of H-pyrrole nitrogens is 1. The predicted molar refractivity (Wildman–Crippen MR) is 221 cm³/mol. The molecule has 4 fully saturated rings. The maximum Gasteiger partial charge on any atom is 0.317 e. The van der Waals surface area contributed by atoms with Crippen molar-refractivity contribution < 1.29 is 29.3 Å². The number of rotatable bonds is 16. The number of hydrogen-bond acceptors (Lipinski definition) is 9. The standard InChI is InChI=1S/C45H57N5O7/c1-4-32(28-41(54)48(3)22-8-21-46-29-38(52)35-13-15-37(51)43-36(35)14-16-40(53)47-43)12-11-31(2)27-42(55)50-25-19-45(20-26-50,34-9-6-5-7-10-34)44(56)57-39-30-49-23-17-33(39)18-24-49/h4-7,9-16,33,38-39,46,51-52H,1,8,17-30H2,2-3H3,(H,47,53)/b31-11+,32-12+/t38-,39-/m0/s1. The van der Waals surface area contributed by atoms with Crippen LogP contribution in [0.2, 0.25) is 0 Å². The minimum Gasteiger partial charge on any atom is -0.506 e. The van der Waals surface area contributed by atoms with Crippen LogP contribution >= 0.6 is 0 Å². The fourth-order valence-electron chi connectivity index (χ4n) is 8.43. The molecule has 0 aliphatic carbocycles. The molecule has 4 saturated heterocycles. The summed E-state index contributed by atoms with van der Waals surface area (Å²) >= 11 is 0. The first-order chi connectivity index (χ1) is 27.5. The zero-order valence-corrected chi connectivity index (χ0v) is 33.3. The van der Waals surface area contributed by atoms with Gasteiger partial charge in [0.05, 0.1) is 23.5 Å². The number of esters is 1. The Balaban J connectivity index is 0.944. The van der Waals surface area contributed by atoms with Crippen molar-refractivity contribution in [3.63, 3.8) is 0 Å². The molecular weight excluding hydrogens is 723 g/mol. The van der Waals surface area contributed by atoms with Gasteiger partial charge in [-0.3, -0.25) is 24.1 Å². The number of carbonyl (C=O) groups excluding carboxylic acids is 3. The van der Waals surface area contributed by atoms with E-state index in [0.717, 1.165) is 49.2 Å². The van der Waals surface area contributed by atoms with Gasteiger partial charge >= 0.3 is 5.97 Å². The number of ether oxygens (including phenoxy) is 1. The van der Waals surface area contributed by atoms with E-state index in [9.17, 15) is 29.4 Å². The van der Waals surface area contributed by atoms with E-state index in [2.05, 4.69) is 21.8 Å². The van der Waals surface area contributed by atoms with Crippen molar-refractivity contribution in [1.29, 1.82) is 0 Å². The van der Waals surface area contributed by atoms with E-state index in [-0.39, 0.29) is 60.1 Å². The summed E-state index contributed by atoms with van der Waals surface area (Å²) in [5.74, 6) is 0.155. The Hall–Kier alpha value is -5.04. The van der Waals surface area contributed by atoms with Crippen LogP contribution in [0, 0.1) is 5.92 Å². The van der Waals surface area contributed by atoms with Crippen molar-refractivity contribution in [2.24, 2.45) is 5.92 Å². The number of likely N-dealkylation sites (tertiary alicyclic amines) is 1. The van der Waals surface area contributed by atoms with Crippen molar-refractivity contribution in [3.05, 3.63) is 112 Å². The quantitative estimate of drug-likeness (QED) is 0.0917. The molecule has 4 aliphatic heterocycles. The van der Waals surface area contributed by atoms with Gasteiger partial charge in [0.15, 0.2) is 0 Å². The second-order valence-corrected chi connectivity index (χ2v) is 15.9. The Morgan fingerprint density at radius 2 is 1.77 bits per heavy atom. The lowest BCUT2D eigenvalue weighted by atomic mass is 9.72. The van der Waals surface area contributed by atoms with E-state index in [1.807, 2.05) is 54.3 Å². The number of aliphatic hydroxyl groups excluding tert-OH is 1. The van der Waals surface area contributed by atoms with Gasteiger partial charge in [-0.25, -0.2) is 0 Å². The Bertz CT molecular complexity index is 2030. The molecule has 2 aromatic carbocycles.